The molecule has 3 aromatic carbocycles. The van der Waals surface area contributed by atoms with Crippen molar-refractivity contribution in [2.24, 2.45) is 0 Å². The van der Waals surface area contributed by atoms with Crippen molar-refractivity contribution in [2.45, 2.75) is 0 Å². The van der Waals surface area contributed by atoms with E-state index in [0.717, 1.165) is 4.80 Å². The maximum Gasteiger partial charge on any atom is 0.343 e. The van der Waals surface area contributed by atoms with Gasteiger partial charge in [-0.2, -0.15) is 0 Å². The fourth-order valence-electron chi connectivity index (χ4n) is 2.69. The van der Waals surface area contributed by atoms with Crippen LogP contribution in [0.1, 0.15) is 10.4 Å². The highest BCUT2D eigenvalue weighted by molar-refractivity contribution is 6.30. The Morgan fingerprint density at radius 2 is 1.54 bits per heavy atom. The Hall–Kier alpha value is -3.71. The molecule has 0 aliphatic carbocycles. The van der Waals surface area contributed by atoms with Crippen LogP contribution >= 0.6 is 11.6 Å². The Balaban J connectivity index is 1.91. The molecule has 8 heteroatoms. The van der Waals surface area contributed by atoms with Crippen LogP contribution in [-0.4, -0.2) is 31.1 Å². The second-order valence-electron chi connectivity index (χ2n) is 5.92. The van der Waals surface area contributed by atoms with Crippen LogP contribution in [0.3, 0.4) is 0 Å². The number of halogens is 1. The summed E-state index contributed by atoms with van der Waals surface area (Å²) >= 11 is 5.95. The summed E-state index contributed by atoms with van der Waals surface area (Å²) in [7, 11) is 0. The summed E-state index contributed by atoms with van der Waals surface area (Å²) < 4.78 is 0. The minimum Gasteiger partial charge on any atom is -0.507 e. The molecule has 0 saturated carbocycles. The van der Waals surface area contributed by atoms with Crippen molar-refractivity contribution in [2.75, 3.05) is 0 Å². The van der Waals surface area contributed by atoms with Gasteiger partial charge in [0, 0.05) is 5.02 Å². The highest BCUT2D eigenvalue weighted by Crippen LogP contribution is 2.25. The van der Waals surface area contributed by atoms with Crippen molar-refractivity contribution in [3.63, 3.8) is 0 Å². The minimum absolute atomic E-state index is 0.0158. The van der Waals surface area contributed by atoms with Crippen LogP contribution in [0.4, 0.5) is 0 Å². The molecule has 0 fully saturated rings. The van der Waals surface area contributed by atoms with Gasteiger partial charge in [-0.3, -0.25) is 4.79 Å². The second-order valence-corrected chi connectivity index (χ2v) is 6.35. The zero-order chi connectivity index (χ0) is 19.7. The lowest BCUT2D eigenvalue weighted by Gasteiger charge is -2.01. The van der Waals surface area contributed by atoms with E-state index in [0.29, 0.717) is 16.3 Å². The van der Waals surface area contributed by atoms with Crippen molar-refractivity contribution in [1.82, 2.24) is 15.0 Å². The molecule has 0 saturated heterocycles. The van der Waals surface area contributed by atoms with Gasteiger partial charge in [0.2, 0.25) is 0 Å². The predicted octanol–water partition coefficient (Wildman–Crippen LogP) is 2.97. The number of aromatic nitrogens is 4. The van der Waals surface area contributed by atoms with Gasteiger partial charge in [0.25, 0.3) is 0 Å². The Kier molecular flexibility index (Phi) is 4.50. The summed E-state index contributed by atoms with van der Waals surface area (Å²) in [6.45, 7) is 0. The first-order valence-corrected chi connectivity index (χ1v) is 8.69. The predicted molar refractivity (Wildman–Crippen MR) is 102 cm³/mol. The van der Waals surface area contributed by atoms with Crippen LogP contribution in [0.5, 0.6) is 11.5 Å². The number of hydrogen-bond donors (Lipinski definition) is 2. The number of rotatable bonds is 3. The number of carbonyl (C=O) groups excluding carboxylic acids is 1. The third-order valence-corrected chi connectivity index (χ3v) is 4.33. The number of aromatic hydroxyl groups is 2. The third-order valence-electron chi connectivity index (χ3n) is 4.08. The summed E-state index contributed by atoms with van der Waals surface area (Å²) in [5.74, 6) is -0.619. The SMILES string of the molecule is O=C(c1ccccc1O)n1nc(-c2ccccc2O)n[n+]1-c1ccc(Cl)cc1. The van der Waals surface area contributed by atoms with E-state index >= 15 is 0 Å². The lowest BCUT2D eigenvalue weighted by atomic mass is 10.2. The molecule has 0 radical (unpaired) electrons. The summed E-state index contributed by atoms with van der Waals surface area (Å²) in [6.07, 6.45) is 0. The van der Waals surface area contributed by atoms with Crippen LogP contribution in [0, 0.1) is 0 Å². The lowest BCUT2D eigenvalue weighted by molar-refractivity contribution is -0.732. The number of hydrogen-bond acceptors (Lipinski definition) is 5. The molecule has 0 amide bonds. The zero-order valence-electron chi connectivity index (χ0n) is 14.4. The van der Waals surface area contributed by atoms with Gasteiger partial charge in [-0.1, -0.05) is 35.9 Å². The summed E-state index contributed by atoms with van der Waals surface area (Å²) in [4.78, 5) is 15.4. The number of benzene rings is 3. The van der Waals surface area contributed by atoms with Gasteiger partial charge in [0.05, 0.1) is 21.0 Å². The Labute approximate surface area is 164 Å². The number of nitrogens with zero attached hydrogens (tertiary/aromatic N) is 4. The van der Waals surface area contributed by atoms with E-state index in [-0.39, 0.29) is 22.9 Å². The van der Waals surface area contributed by atoms with Gasteiger partial charge < -0.3 is 10.2 Å². The number of phenols is 2. The van der Waals surface area contributed by atoms with Crippen molar-refractivity contribution in [3.05, 3.63) is 83.4 Å². The van der Waals surface area contributed by atoms with E-state index < -0.39 is 5.91 Å². The summed E-state index contributed by atoms with van der Waals surface area (Å²) in [5.41, 5.74) is 0.968. The molecule has 0 atom stereocenters. The molecule has 0 unspecified atom stereocenters. The molecule has 0 aliphatic heterocycles. The lowest BCUT2D eigenvalue weighted by Crippen LogP contribution is -2.47. The van der Waals surface area contributed by atoms with Crippen molar-refractivity contribution >= 4 is 17.5 Å². The molecule has 4 aromatic rings. The molecule has 4 rings (SSSR count). The molecule has 2 N–H and O–H groups in total. The highest BCUT2D eigenvalue weighted by Gasteiger charge is 2.30. The first kappa shape index (κ1) is 17.7. The number of phenolic OH excluding ortho intramolecular Hbond substituents is 2. The average molecular weight is 394 g/mol. The van der Waals surface area contributed by atoms with Crippen LogP contribution in [0.2, 0.25) is 5.02 Å². The molecule has 1 aromatic heterocycles. The average Bonchev–Trinajstić information content (AvgIpc) is 3.14. The number of carbonyl (C=O) groups is 1. The smallest absolute Gasteiger partial charge is 0.343 e. The van der Waals surface area contributed by atoms with Crippen LogP contribution < -0.4 is 4.80 Å². The second kappa shape index (κ2) is 7.13. The molecular formula is C20H14ClN4O3+. The van der Waals surface area contributed by atoms with Crippen molar-refractivity contribution in [3.8, 4) is 28.6 Å². The van der Waals surface area contributed by atoms with E-state index in [1.54, 1.807) is 54.6 Å². The quantitative estimate of drug-likeness (QED) is 0.522. The molecule has 138 valence electrons. The van der Waals surface area contributed by atoms with E-state index in [2.05, 4.69) is 10.2 Å². The Morgan fingerprint density at radius 1 is 0.893 bits per heavy atom. The molecule has 1 heterocycles. The molecule has 0 aliphatic rings. The van der Waals surface area contributed by atoms with Gasteiger partial charge in [-0.05, 0) is 58.4 Å². The third kappa shape index (κ3) is 3.19. The minimum atomic E-state index is -0.581. The van der Waals surface area contributed by atoms with Crippen molar-refractivity contribution in [1.29, 1.82) is 0 Å². The molecule has 7 nitrogen and oxygen atoms in total. The molecule has 0 spiro atoms. The van der Waals surface area contributed by atoms with Gasteiger partial charge in [-0.15, -0.1) is 0 Å². The largest absolute Gasteiger partial charge is 0.507 e. The maximum absolute atomic E-state index is 13.0. The monoisotopic (exact) mass is 393 g/mol. The zero-order valence-corrected chi connectivity index (χ0v) is 15.2. The van der Waals surface area contributed by atoms with Gasteiger partial charge >= 0.3 is 11.7 Å². The first-order valence-electron chi connectivity index (χ1n) is 8.31. The van der Waals surface area contributed by atoms with Gasteiger partial charge in [0.1, 0.15) is 11.5 Å². The molecule has 28 heavy (non-hydrogen) atoms. The highest BCUT2D eigenvalue weighted by atomic mass is 35.5. The molecule has 0 bridgehead atoms. The standard InChI is InChI=1S/C20H13ClN4O3/c21-13-9-11-14(12-10-13)24-22-19(15-5-1-3-7-17(15)26)23-25(24)20(28)16-6-2-4-8-18(16)27/h1-12H,(H-,22,23,26,27,28)/p+1. The number of para-hydroxylation sites is 2. The van der Waals surface area contributed by atoms with Crippen LogP contribution in [0.25, 0.3) is 17.1 Å². The van der Waals surface area contributed by atoms with Crippen molar-refractivity contribution < 1.29 is 19.8 Å². The number of tetrazole rings is 1. The Morgan fingerprint density at radius 3 is 2.21 bits per heavy atom. The van der Waals surface area contributed by atoms with Crippen LogP contribution in [-0.2, 0) is 0 Å². The fraction of sp³-hybridized carbons (Fsp3) is 0. The summed E-state index contributed by atoms with van der Waals surface area (Å²) in [5, 5.41) is 29.4. The fourth-order valence-corrected chi connectivity index (χ4v) is 2.82. The van der Waals surface area contributed by atoms with E-state index in [1.165, 1.54) is 23.0 Å². The topological polar surface area (TPSA) is 92.1 Å². The maximum atomic E-state index is 13.0. The van der Waals surface area contributed by atoms with E-state index in [4.69, 9.17) is 11.6 Å². The molecular weight excluding hydrogens is 380 g/mol. The van der Waals surface area contributed by atoms with Gasteiger partial charge in [0.15, 0.2) is 5.69 Å². The van der Waals surface area contributed by atoms with Crippen LogP contribution in [0.15, 0.2) is 72.8 Å². The summed E-state index contributed by atoms with van der Waals surface area (Å²) in [6, 6.07) is 19.4. The van der Waals surface area contributed by atoms with E-state index in [1.807, 2.05) is 0 Å². The van der Waals surface area contributed by atoms with E-state index in [9.17, 15) is 15.0 Å². The Bertz CT molecular complexity index is 1170. The first-order chi connectivity index (χ1) is 13.5. The normalized spacial score (nSPS) is 10.8. The van der Waals surface area contributed by atoms with Gasteiger partial charge in [-0.25, -0.2) is 0 Å².